The SMILES string of the molecule is Fc1ccc2c(c1)Cc1cccc(Cl)c1CS2. The van der Waals surface area contributed by atoms with Crippen LogP contribution in [-0.2, 0) is 12.2 Å². The number of fused-ring (bicyclic) bond motifs is 2. The van der Waals surface area contributed by atoms with Crippen LogP contribution in [0.1, 0.15) is 16.7 Å². The van der Waals surface area contributed by atoms with Gasteiger partial charge in [0.25, 0.3) is 0 Å². The van der Waals surface area contributed by atoms with Crippen molar-refractivity contribution in [3.8, 4) is 0 Å². The summed E-state index contributed by atoms with van der Waals surface area (Å²) in [7, 11) is 0. The molecule has 3 heteroatoms. The van der Waals surface area contributed by atoms with Gasteiger partial charge in [-0.05, 0) is 47.4 Å². The van der Waals surface area contributed by atoms with E-state index < -0.39 is 0 Å². The minimum Gasteiger partial charge on any atom is -0.207 e. The highest BCUT2D eigenvalue weighted by atomic mass is 35.5. The second kappa shape index (κ2) is 4.35. The molecule has 3 rings (SSSR count). The number of hydrogen-bond donors (Lipinski definition) is 0. The van der Waals surface area contributed by atoms with Gasteiger partial charge in [-0.1, -0.05) is 23.7 Å². The van der Waals surface area contributed by atoms with E-state index in [9.17, 15) is 4.39 Å². The van der Waals surface area contributed by atoms with E-state index in [0.29, 0.717) is 0 Å². The molecule has 86 valence electrons. The summed E-state index contributed by atoms with van der Waals surface area (Å²) >= 11 is 7.93. The molecule has 0 N–H and O–H groups in total. The van der Waals surface area contributed by atoms with Crippen LogP contribution in [0.2, 0.25) is 5.02 Å². The summed E-state index contributed by atoms with van der Waals surface area (Å²) in [5.41, 5.74) is 3.43. The van der Waals surface area contributed by atoms with Gasteiger partial charge in [0.05, 0.1) is 0 Å². The molecule has 0 bridgehead atoms. The molecule has 0 nitrogen and oxygen atoms in total. The second-order valence-electron chi connectivity index (χ2n) is 4.10. The highest BCUT2D eigenvalue weighted by molar-refractivity contribution is 7.98. The lowest BCUT2D eigenvalue weighted by molar-refractivity contribution is 0.624. The minimum atomic E-state index is -0.171. The van der Waals surface area contributed by atoms with Crippen molar-refractivity contribution in [1.82, 2.24) is 0 Å². The summed E-state index contributed by atoms with van der Waals surface area (Å²) in [6.07, 6.45) is 0.760. The maximum atomic E-state index is 13.2. The molecule has 0 unspecified atom stereocenters. The van der Waals surface area contributed by atoms with Crippen LogP contribution in [-0.4, -0.2) is 0 Å². The quantitative estimate of drug-likeness (QED) is 0.666. The lowest BCUT2D eigenvalue weighted by Crippen LogP contribution is -1.93. The third kappa shape index (κ3) is 2.07. The molecule has 0 spiro atoms. The monoisotopic (exact) mass is 264 g/mol. The number of benzene rings is 2. The van der Waals surface area contributed by atoms with Gasteiger partial charge in [-0.3, -0.25) is 0 Å². The third-order valence-corrected chi connectivity index (χ3v) is 4.49. The van der Waals surface area contributed by atoms with E-state index in [1.165, 1.54) is 17.2 Å². The molecule has 0 radical (unpaired) electrons. The van der Waals surface area contributed by atoms with Gasteiger partial charge in [-0.25, -0.2) is 4.39 Å². The van der Waals surface area contributed by atoms with Gasteiger partial charge >= 0.3 is 0 Å². The van der Waals surface area contributed by atoms with E-state index in [0.717, 1.165) is 27.7 Å². The van der Waals surface area contributed by atoms with E-state index in [4.69, 9.17) is 11.6 Å². The standard InChI is InChI=1S/C14H10ClFS/c15-13-3-1-2-9-6-10-7-11(16)4-5-14(10)17-8-12(9)13/h1-5,7H,6,8H2. The van der Waals surface area contributed by atoms with Crippen LogP contribution < -0.4 is 0 Å². The van der Waals surface area contributed by atoms with Gasteiger partial charge in [0.1, 0.15) is 5.82 Å². The first kappa shape index (κ1) is 11.1. The normalized spacial score (nSPS) is 13.8. The van der Waals surface area contributed by atoms with Gasteiger partial charge in [-0.15, -0.1) is 11.8 Å². The van der Waals surface area contributed by atoms with Crippen LogP contribution in [0.3, 0.4) is 0 Å². The molecule has 2 aromatic rings. The molecule has 0 atom stereocenters. The smallest absolute Gasteiger partial charge is 0.123 e. The molecule has 0 fully saturated rings. The fraction of sp³-hybridized carbons (Fsp3) is 0.143. The second-order valence-corrected chi connectivity index (χ2v) is 5.52. The summed E-state index contributed by atoms with van der Waals surface area (Å²) in [6, 6.07) is 10.9. The Hall–Kier alpha value is -0.990. The number of halogens is 2. The topological polar surface area (TPSA) is 0 Å². The van der Waals surface area contributed by atoms with Gasteiger partial charge in [0.15, 0.2) is 0 Å². The fourth-order valence-corrected chi connectivity index (χ4v) is 3.57. The van der Waals surface area contributed by atoms with Crippen LogP contribution in [0, 0.1) is 5.82 Å². The zero-order chi connectivity index (χ0) is 11.8. The van der Waals surface area contributed by atoms with Crippen LogP contribution in [0.5, 0.6) is 0 Å². The van der Waals surface area contributed by atoms with Crippen molar-refractivity contribution in [1.29, 1.82) is 0 Å². The number of thioether (sulfide) groups is 1. The average Bonchev–Trinajstić information content (AvgIpc) is 2.48. The number of hydrogen-bond acceptors (Lipinski definition) is 1. The first-order chi connectivity index (χ1) is 8.24. The summed E-state index contributed by atoms with van der Waals surface area (Å²) in [6.45, 7) is 0. The van der Waals surface area contributed by atoms with Crippen LogP contribution in [0.15, 0.2) is 41.3 Å². The Labute approximate surface area is 109 Å². The molecule has 1 heterocycles. The molecule has 1 aliphatic heterocycles. The summed E-state index contributed by atoms with van der Waals surface area (Å²) in [4.78, 5) is 1.15. The zero-order valence-electron chi connectivity index (χ0n) is 9.04. The Morgan fingerprint density at radius 1 is 1.12 bits per heavy atom. The van der Waals surface area contributed by atoms with Gasteiger partial charge < -0.3 is 0 Å². The molecule has 0 aliphatic carbocycles. The molecule has 0 saturated heterocycles. The van der Waals surface area contributed by atoms with Crippen molar-refractivity contribution >= 4 is 23.4 Å². The highest BCUT2D eigenvalue weighted by Gasteiger charge is 2.15. The molecule has 2 aromatic carbocycles. The van der Waals surface area contributed by atoms with Crippen LogP contribution >= 0.6 is 23.4 Å². The van der Waals surface area contributed by atoms with Crippen molar-refractivity contribution in [3.05, 3.63) is 63.9 Å². The first-order valence-electron chi connectivity index (χ1n) is 5.41. The summed E-state index contributed by atoms with van der Waals surface area (Å²) in [5.74, 6) is 0.683. The Bertz CT molecular complexity index is 580. The van der Waals surface area contributed by atoms with Crippen LogP contribution in [0.4, 0.5) is 4.39 Å². The predicted octanol–water partition coefficient (Wildman–Crippen LogP) is 4.68. The summed E-state index contributed by atoms with van der Waals surface area (Å²) in [5, 5.41) is 0.809. The lowest BCUT2D eigenvalue weighted by Gasteiger charge is -2.06. The zero-order valence-corrected chi connectivity index (χ0v) is 10.6. The van der Waals surface area contributed by atoms with Crippen molar-refractivity contribution < 1.29 is 4.39 Å². The first-order valence-corrected chi connectivity index (χ1v) is 6.78. The largest absolute Gasteiger partial charge is 0.207 e. The molecule has 0 amide bonds. The maximum absolute atomic E-state index is 13.2. The average molecular weight is 265 g/mol. The fourth-order valence-electron chi connectivity index (χ4n) is 2.11. The van der Waals surface area contributed by atoms with Crippen molar-refractivity contribution in [2.24, 2.45) is 0 Å². The molecule has 0 aromatic heterocycles. The van der Waals surface area contributed by atoms with Crippen molar-refractivity contribution in [2.45, 2.75) is 17.1 Å². The molecular formula is C14H10ClFS. The Morgan fingerprint density at radius 3 is 2.88 bits per heavy atom. The van der Waals surface area contributed by atoms with E-state index >= 15 is 0 Å². The molecular weight excluding hydrogens is 255 g/mol. The Morgan fingerprint density at radius 2 is 2.00 bits per heavy atom. The van der Waals surface area contributed by atoms with Gasteiger partial charge in [0, 0.05) is 15.7 Å². The third-order valence-electron chi connectivity index (χ3n) is 2.99. The van der Waals surface area contributed by atoms with E-state index in [1.807, 2.05) is 18.2 Å². The van der Waals surface area contributed by atoms with E-state index in [-0.39, 0.29) is 5.82 Å². The predicted molar refractivity (Wildman–Crippen MR) is 70.2 cm³/mol. The van der Waals surface area contributed by atoms with Gasteiger partial charge in [0.2, 0.25) is 0 Å². The lowest BCUT2D eigenvalue weighted by atomic mass is 10.0. The maximum Gasteiger partial charge on any atom is 0.123 e. The molecule has 17 heavy (non-hydrogen) atoms. The van der Waals surface area contributed by atoms with Crippen molar-refractivity contribution in [2.75, 3.05) is 0 Å². The highest BCUT2D eigenvalue weighted by Crippen LogP contribution is 2.36. The van der Waals surface area contributed by atoms with Crippen LogP contribution in [0.25, 0.3) is 0 Å². The van der Waals surface area contributed by atoms with Gasteiger partial charge in [-0.2, -0.15) is 0 Å². The van der Waals surface area contributed by atoms with E-state index in [1.54, 1.807) is 17.8 Å². The summed E-state index contributed by atoms with van der Waals surface area (Å²) < 4.78 is 13.2. The number of rotatable bonds is 0. The van der Waals surface area contributed by atoms with E-state index in [2.05, 4.69) is 6.07 Å². The Kier molecular flexibility index (Phi) is 2.85. The van der Waals surface area contributed by atoms with Crippen molar-refractivity contribution in [3.63, 3.8) is 0 Å². The molecule has 0 saturated carbocycles. The Balaban J connectivity index is 2.12. The molecule has 1 aliphatic rings. The minimum absolute atomic E-state index is 0.171.